The molecule has 0 atom stereocenters. The molecular formula is C8H17N3O. The Morgan fingerprint density at radius 1 is 1.50 bits per heavy atom. The van der Waals surface area contributed by atoms with Gasteiger partial charge in [0.25, 0.3) is 0 Å². The lowest BCUT2D eigenvalue weighted by Gasteiger charge is -2.08. The number of amides is 1. The second-order valence-electron chi connectivity index (χ2n) is 3.18. The van der Waals surface area contributed by atoms with Gasteiger partial charge in [0, 0.05) is 20.0 Å². The summed E-state index contributed by atoms with van der Waals surface area (Å²) < 4.78 is 0. The highest BCUT2D eigenvalue weighted by atomic mass is 16.2. The third-order valence-electron chi connectivity index (χ3n) is 1.49. The second-order valence-corrected chi connectivity index (χ2v) is 3.18. The van der Waals surface area contributed by atoms with Crippen LogP contribution >= 0.6 is 0 Å². The summed E-state index contributed by atoms with van der Waals surface area (Å²) in [5, 5.41) is 0. The van der Waals surface area contributed by atoms with Gasteiger partial charge in [0.15, 0.2) is 0 Å². The van der Waals surface area contributed by atoms with Crippen molar-refractivity contribution in [1.29, 1.82) is 0 Å². The highest BCUT2D eigenvalue weighted by molar-refractivity contribution is 5.86. The van der Waals surface area contributed by atoms with E-state index in [9.17, 15) is 4.79 Å². The summed E-state index contributed by atoms with van der Waals surface area (Å²) >= 11 is 0. The van der Waals surface area contributed by atoms with Gasteiger partial charge in [-0.05, 0) is 0 Å². The van der Waals surface area contributed by atoms with E-state index in [1.54, 1.807) is 14.1 Å². The Kier molecular flexibility index (Phi) is 4.33. The van der Waals surface area contributed by atoms with Crippen molar-refractivity contribution in [3.8, 4) is 0 Å². The Morgan fingerprint density at radius 3 is 2.33 bits per heavy atom. The number of nitrogens with zero attached hydrogens (tertiary/aromatic N) is 2. The van der Waals surface area contributed by atoms with Crippen molar-refractivity contribution in [3.63, 3.8) is 0 Å². The zero-order chi connectivity index (χ0) is 9.72. The topological polar surface area (TPSA) is 58.7 Å². The van der Waals surface area contributed by atoms with Crippen LogP contribution in [0.3, 0.4) is 0 Å². The lowest BCUT2D eigenvalue weighted by Crippen LogP contribution is -2.27. The number of hydrogen-bond acceptors (Lipinski definition) is 2. The van der Waals surface area contributed by atoms with E-state index in [-0.39, 0.29) is 18.4 Å². The predicted octanol–water partition coefficient (Wildman–Crippen LogP) is 0.0878. The van der Waals surface area contributed by atoms with Crippen molar-refractivity contribution in [2.75, 3.05) is 20.6 Å². The van der Waals surface area contributed by atoms with Crippen molar-refractivity contribution in [2.24, 2.45) is 16.6 Å². The third-order valence-corrected chi connectivity index (χ3v) is 1.49. The smallest absolute Gasteiger partial charge is 0.243 e. The first-order valence-corrected chi connectivity index (χ1v) is 3.95. The molecule has 70 valence electrons. The summed E-state index contributed by atoms with van der Waals surface area (Å²) in [5.41, 5.74) is 5.54. The maximum Gasteiger partial charge on any atom is 0.243 e. The highest BCUT2D eigenvalue weighted by Crippen LogP contribution is 1.91. The van der Waals surface area contributed by atoms with Crippen molar-refractivity contribution in [1.82, 2.24) is 4.90 Å². The van der Waals surface area contributed by atoms with E-state index in [1.165, 1.54) is 4.90 Å². The van der Waals surface area contributed by atoms with Gasteiger partial charge < -0.3 is 10.6 Å². The van der Waals surface area contributed by atoms with Gasteiger partial charge in [0.1, 0.15) is 6.54 Å². The summed E-state index contributed by atoms with van der Waals surface area (Å²) in [4.78, 5) is 16.5. The van der Waals surface area contributed by atoms with Crippen molar-refractivity contribution < 1.29 is 4.79 Å². The molecule has 2 N–H and O–H groups in total. The van der Waals surface area contributed by atoms with Crippen LogP contribution < -0.4 is 5.73 Å². The van der Waals surface area contributed by atoms with Gasteiger partial charge in [-0.3, -0.25) is 9.79 Å². The van der Waals surface area contributed by atoms with E-state index in [1.807, 2.05) is 13.8 Å². The van der Waals surface area contributed by atoms with E-state index in [2.05, 4.69) is 4.99 Å². The molecule has 0 aromatic rings. The van der Waals surface area contributed by atoms with E-state index in [0.29, 0.717) is 5.84 Å². The number of nitrogens with two attached hydrogens (primary N) is 1. The molecule has 0 rings (SSSR count). The highest BCUT2D eigenvalue weighted by Gasteiger charge is 2.03. The fraction of sp³-hybridized carbons (Fsp3) is 0.750. The van der Waals surface area contributed by atoms with Crippen LogP contribution in [0.4, 0.5) is 0 Å². The molecule has 0 saturated carbocycles. The average molecular weight is 171 g/mol. The largest absolute Gasteiger partial charge is 0.387 e. The zero-order valence-corrected chi connectivity index (χ0v) is 8.16. The molecule has 0 radical (unpaired) electrons. The quantitative estimate of drug-likeness (QED) is 0.483. The van der Waals surface area contributed by atoms with E-state index >= 15 is 0 Å². The van der Waals surface area contributed by atoms with Crippen LogP contribution in [0.15, 0.2) is 4.99 Å². The molecule has 0 aliphatic rings. The SMILES string of the molecule is CC(C)C(N)=NCC(=O)N(C)C. The summed E-state index contributed by atoms with van der Waals surface area (Å²) in [6.07, 6.45) is 0. The molecule has 0 aliphatic carbocycles. The molecule has 0 fully saturated rings. The molecule has 4 nitrogen and oxygen atoms in total. The summed E-state index contributed by atoms with van der Waals surface area (Å²) in [5.74, 6) is 0.712. The monoisotopic (exact) mass is 171 g/mol. The Balaban J connectivity index is 3.96. The fourth-order valence-corrected chi connectivity index (χ4v) is 0.483. The number of carbonyl (C=O) groups excluding carboxylic acids is 1. The van der Waals surface area contributed by atoms with Crippen molar-refractivity contribution in [3.05, 3.63) is 0 Å². The van der Waals surface area contributed by atoms with Gasteiger partial charge in [-0.15, -0.1) is 0 Å². The lowest BCUT2D eigenvalue weighted by atomic mass is 10.2. The maximum atomic E-state index is 11.0. The minimum absolute atomic E-state index is 0.0291. The first-order chi connectivity index (χ1) is 5.45. The summed E-state index contributed by atoms with van der Waals surface area (Å²) in [6, 6.07) is 0. The van der Waals surface area contributed by atoms with Gasteiger partial charge in [0.05, 0.1) is 5.84 Å². The number of amidine groups is 1. The molecular weight excluding hydrogens is 154 g/mol. The Labute approximate surface area is 73.5 Å². The first kappa shape index (κ1) is 10.9. The molecule has 0 heterocycles. The van der Waals surface area contributed by atoms with Gasteiger partial charge in [-0.25, -0.2) is 0 Å². The van der Waals surface area contributed by atoms with Gasteiger partial charge in [-0.1, -0.05) is 13.8 Å². The molecule has 0 bridgehead atoms. The number of carbonyl (C=O) groups is 1. The zero-order valence-electron chi connectivity index (χ0n) is 8.16. The van der Waals surface area contributed by atoms with Crippen LogP contribution in [0.5, 0.6) is 0 Å². The normalized spacial score (nSPS) is 11.9. The predicted molar refractivity (Wildman–Crippen MR) is 50.0 cm³/mol. The van der Waals surface area contributed by atoms with E-state index in [0.717, 1.165) is 0 Å². The molecule has 0 unspecified atom stereocenters. The van der Waals surface area contributed by atoms with Crippen LogP contribution in [0.25, 0.3) is 0 Å². The van der Waals surface area contributed by atoms with Crippen LogP contribution in [0, 0.1) is 5.92 Å². The molecule has 0 aromatic carbocycles. The number of rotatable bonds is 3. The summed E-state index contributed by atoms with van der Waals surface area (Å²) in [7, 11) is 3.40. The summed E-state index contributed by atoms with van der Waals surface area (Å²) in [6.45, 7) is 4.04. The lowest BCUT2D eigenvalue weighted by molar-refractivity contribution is -0.127. The van der Waals surface area contributed by atoms with Gasteiger partial charge >= 0.3 is 0 Å². The molecule has 12 heavy (non-hydrogen) atoms. The minimum Gasteiger partial charge on any atom is -0.387 e. The first-order valence-electron chi connectivity index (χ1n) is 3.95. The Morgan fingerprint density at radius 2 is 2.00 bits per heavy atom. The van der Waals surface area contributed by atoms with E-state index in [4.69, 9.17) is 5.73 Å². The van der Waals surface area contributed by atoms with Crippen LogP contribution in [-0.4, -0.2) is 37.3 Å². The van der Waals surface area contributed by atoms with Gasteiger partial charge in [0.2, 0.25) is 5.91 Å². The molecule has 1 amide bonds. The van der Waals surface area contributed by atoms with Gasteiger partial charge in [-0.2, -0.15) is 0 Å². The van der Waals surface area contributed by atoms with Crippen LogP contribution in [-0.2, 0) is 4.79 Å². The molecule has 0 aliphatic heterocycles. The Hall–Kier alpha value is -1.06. The molecule has 0 spiro atoms. The minimum atomic E-state index is -0.0291. The maximum absolute atomic E-state index is 11.0. The van der Waals surface area contributed by atoms with E-state index < -0.39 is 0 Å². The van der Waals surface area contributed by atoms with Crippen molar-refractivity contribution in [2.45, 2.75) is 13.8 Å². The Bertz CT molecular complexity index is 185. The molecule has 0 saturated heterocycles. The standard InChI is InChI=1S/C8H17N3O/c1-6(2)8(9)10-5-7(12)11(3)4/h6H,5H2,1-4H3,(H2,9,10). The second kappa shape index (κ2) is 4.74. The average Bonchev–Trinajstić information content (AvgIpc) is 1.98. The third kappa shape index (κ3) is 3.95. The number of likely N-dealkylation sites (N-methyl/N-ethyl adjacent to an activating group) is 1. The van der Waals surface area contributed by atoms with Crippen molar-refractivity contribution >= 4 is 11.7 Å². The molecule has 4 heteroatoms. The fourth-order valence-electron chi connectivity index (χ4n) is 0.483. The molecule has 0 aromatic heterocycles. The van der Waals surface area contributed by atoms with Crippen LogP contribution in [0.1, 0.15) is 13.8 Å². The number of hydrogen-bond donors (Lipinski definition) is 1. The number of aliphatic imine (C=N–C) groups is 1. The van der Waals surface area contributed by atoms with Crippen LogP contribution in [0.2, 0.25) is 0 Å².